The van der Waals surface area contributed by atoms with Crippen LogP contribution in [0.25, 0.3) is 0 Å². The lowest BCUT2D eigenvalue weighted by molar-refractivity contribution is -0.0192. The van der Waals surface area contributed by atoms with Crippen LogP contribution in [0.5, 0.6) is 17.2 Å². The monoisotopic (exact) mass is 405 g/mol. The summed E-state index contributed by atoms with van der Waals surface area (Å²) in [7, 11) is 0. The van der Waals surface area contributed by atoms with Gasteiger partial charge in [0, 0.05) is 40.5 Å². The molecule has 6 rings (SSSR count). The highest BCUT2D eigenvalue weighted by Gasteiger charge is 2.41. The molecule has 0 N–H and O–H groups in total. The number of aromatic nitrogens is 1. The number of hydrogen-bond donors (Lipinski definition) is 0. The van der Waals surface area contributed by atoms with Crippen LogP contribution in [0.3, 0.4) is 0 Å². The highest BCUT2D eigenvalue weighted by molar-refractivity contribution is 6.30. The van der Waals surface area contributed by atoms with E-state index in [1.807, 2.05) is 59.7 Å². The lowest BCUT2D eigenvalue weighted by atomic mass is 9.96. The van der Waals surface area contributed by atoms with Crippen molar-refractivity contribution in [1.29, 1.82) is 0 Å². The second-order valence-corrected chi connectivity index (χ2v) is 7.59. The normalized spacial score (nSPS) is 21.3. The Balaban J connectivity index is 1.44. The maximum Gasteiger partial charge on any atom is 0.231 e. The quantitative estimate of drug-likeness (QED) is 0.618. The van der Waals surface area contributed by atoms with E-state index in [0.717, 1.165) is 46.1 Å². The van der Waals surface area contributed by atoms with E-state index in [1.54, 1.807) is 6.20 Å². The Morgan fingerprint density at radius 1 is 1.00 bits per heavy atom. The molecule has 0 saturated carbocycles. The Labute approximate surface area is 172 Å². The summed E-state index contributed by atoms with van der Waals surface area (Å²) in [4.78, 5) is 4.25. The van der Waals surface area contributed by atoms with Gasteiger partial charge in [0.15, 0.2) is 11.5 Å². The minimum Gasteiger partial charge on any atom is -0.464 e. The molecule has 3 aromatic rings. The third-order valence-electron chi connectivity index (χ3n) is 5.43. The fourth-order valence-corrected chi connectivity index (χ4v) is 4.23. The van der Waals surface area contributed by atoms with Crippen molar-refractivity contribution in [2.75, 3.05) is 6.79 Å². The van der Waals surface area contributed by atoms with E-state index in [2.05, 4.69) is 4.98 Å². The lowest BCUT2D eigenvalue weighted by Gasteiger charge is -2.38. The van der Waals surface area contributed by atoms with E-state index in [4.69, 9.17) is 30.9 Å². The summed E-state index contributed by atoms with van der Waals surface area (Å²) in [5, 5.41) is 7.64. The van der Waals surface area contributed by atoms with Crippen LogP contribution in [0.15, 0.2) is 66.0 Å². The Kier molecular flexibility index (Phi) is 3.67. The number of hydrogen-bond acceptors (Lipinski definition) is 6. The van der Waals surface area contributed by atoms with E-state index in [1.165, 1.54) is 0 Å². The molecular formula is C22H16ClN3O3. The number of halogens is 1. The number of hydrazone groups is 1. The molecule has 29 heavy (non-hydrogen) atoms. The molecule has 1 aromatic heterocycles. The van der Waals surface area contributed by atoms with Crippen LogP contribution in [0.2, 0.25) is 5.02 Å². The second-order valence-electron chi connectivity index (χ2n) is 7.15. The number of benzene rings is 2. The molecule has 144 valence electrons. The van der Waals surface area contributed by atoms with Crippen molar-refractivity contribution < 1.29 is 14.2 Å². The Bertz CT molecular complexity index is 1140. The molecule has 3 aliphatic heterocycles. The summed E-state index contributed by atoms with van der Waals surface area (Å²) in [6, 6.07) is 15.6. The molecule has 0 radical (unpaired) electrons. The predicted molar refractivity (Wildman–Crippen MR) is 107 cm³/mol. The van der Waals surface area contributed by atoms with Crippen LogP contribution in [0, 0.1) is 0 Å². The first kappa shape index (κ1) is 16.7. The number of fused-ring (bicyclic) bond motifs is 4. The van der Waals surface area contributed by atoms with Crippen LogP contribution in [-0.4, -0.2) is 22.5 Å². The molecule has 0 bridgehead atoms. The SMILES string of the molecule is Clc1ccc2c(c1)[C@H]1CC(c3ccc4c(c3)OCO4)=NN1[C@H](c1cccnc1)O2. The molecule has 0 saturated heterocycles. The molecule has 0 spiro atoms. The molecule has 4 heterocycles. The summed E-state index contributed by atoms with van der Waals surface area (Å²) in [6.07, 6.45) is 3.96. The maximum absolute atomic E-state index is 6.32. The Hall–Kier alpha value is -3.25. The highest BCUT2D eigenvalue weighted by Crippen LogP contribution is 2.48. The van der Waals surface area contributed by atoms with Gasteiger partial charge in [-0.3, -0.25) is 4.98 Å². The molecule has 2 atom stereocenters. The Morgan fingerprint density at radius 3 is 2.79 bits per heavy atom. The van der Waals surface area contributed by atoms with Crippen LogP contribution in [0.1, 0.15) is 35.4 Å². The number of ether oxygens (including phenoxy) is 3. The number of rotatable bonds is 2. The minimum absolute atomic E-state index is 0.0306. The van der Waals surface area contributed by atoms with Crippen LogP contribution in [0.4, 0.5) is 0 Å². The van der Waals surface area contributed by atoms with Gasteiger partial charge in [-0.05, 0) is 42.5 Å². The molecular weight excluding hydrogens is 390 g/mol. The molecule has 0 fully saturated rings. The summed E-state index contributed by atoms with van der Waals surface area (Å²) in [6.45, 7) is 0.253. The zero-order valence-corrected chi connectivity index (χ0v) is 16.0. The third kappa shape index (κ3) is 2.71. The van der Waals surface area contributed by atoms with Crippen LogP contribution < -0.4 is 14.2 Å². The zero-order chi connectivity index (χ0) is 19.4. The van der Waals surface area contributed by atoms with Gasteiger partial charge in [0.25, 0.3) is 0 Å². The summed E-state index contributed by atoms with van der Waals surface area (Å²) in [5.74, 6) is 2.34. The molecule has 0 aliphatic carbocycles. The van der Waals surface area contributed by atoms with Crippen molar-refractivity contribution in [3.63, 3.8) is 0 Å². The second kappa shape index (κ2) is 6.39. The van der Waals surface area contributed by atoms with Crippen LogP contribution >= 0.6 is 11.6 Å². The number of nitrogens with zero attached hydrogens (tertiary/aromatic N) is 3. The van der Waals surface area contributed by atoms with E-state index in [0.29, 0.717) is 5.02 Å². The summed E-state index contributed by atoms with van der Waals surface area (Å²) in [5.41, 5.74) is 3.97. The van der Waals surface area contributed by atoms with E-state index < -0.39 is 0 Å². The van der Waals surface area contributed by atoms with Crippen molar-refractivity contribution in [1.82, 2.24) is 9.99 Å². The lowest BCUT2D eigenvalue weighted by Crippen LogP contribution is -2.33. The molecule has 7 heteroatoms. The average molecular weight is 406 g/mol. The van der Waals surface area contributed by atoms with Gasteiger partial charge in [-0.15, -0.1) is 0 Å². The summed E-state index contributed by atoms with van der Waals surface area (Å²) < 4.78 is 17.3. The van der Waals surface area contributed by atoms with Gasteiger partial charge in [-0.25, -0.2) is 5.01 Å². The van der Waals surface area contributed by atoms with Crippen molar-refractivity contribution in [2.24, 2.45) is 5.10 Å². The molecule has 6 nitrogen and oxygen atoms in total. The third-order valence-corrected chi connectivity index (χ3v) is 5.66. The van der Waals surface area contributed by atoms with Gasteiger partial charge in [0.1, 0.15) is 5.75 Å². The first-order valence-electron chi connectivity index (χ1n) is 9.38. The first-order chi connectivity index (χ1) is 14.3. The van der Waals surface area contributed by atoms with Crippen molar-refractivity contribution >= 4 is 17.3 Å². The Morgan fingerprint density at radius 2 is 1.90 bits per heavy atom. The van der Waals surface area contributed by atoms with Gasteiger partial charge in [0.05, 0.1) is 11.8 Å². The topological polar surface area (TPSA) is 56.2 Å². The maximum atomic E-state index is 6.32. The van der Waals surface area contributed by atoms with Gasteiger partial charge in [0.2, 0.25) is 13.0 Å². The van der Waals surface area contributed by atoms with Crippen molar-refractivity contribution in [2.45, 2.75) is 18.7 Å². The van der Waals surface area contributed by atoms with Crippen LogP contribution in [-0.2, 0) is 0 Å². The fourth-order valence-electron chi connectivity index (χ4n) is 4.05. The smallest absolute Gasteiger partial charge is 0.231 e. The van der Waals surface area contributed by atoms with Gasteiger partial charge in [-0.2, -0.15) is 5.10 Å². The first-order valence-corrected chi connectivity index (χ1v) is 9.76. The zero-order valence-electron chi connectivity index (χ0n) is 15.3. The van der Waals surface area contributed by atoms with E-state index in [9.17, 15) is 0 Å². The predicted octanol–water partition coefficient (Wildman–Crippen LogP) is 4.71. The van der Waals surface area contributed by atoms with Crippen molar-refractivity contribution in [3.8, 4) is 17.2 Å². The number of pyridine rings is 1. The van der Waals surface area contributed by atoms with Gasteiger partial charge in [-0.1, -0.05) is 17.7 Å². The largest absolute Gasteiger partial charge is 0.464 e. The molecule has 0 amide bonds. The van der Waals surface area contributed by atoms with E-state index in [-0.39, 0.29) is 19.1 Å². The van der Waals surface area contributed by atoms with Gasteiger partial charge >= 0.3 is 0 Å². The van der Waals surface area contributed by atoms with Gasteiger partial charge < -0.3 is 14.2 Å². The average Bonchev–Trinajstić information content (AvgIpc) is 3.40. The molecule has 2 aromatic carbocycles. The standard InChI is InChI=1S/C22H16ClN3O3/c23-15-4-6-19-16(9-15)18-10-17(13-3-5-20-21(8-13)28-12-27-20)25-26(18)22(29-19)14-2-1-7-24-11-14/h1-9,11,18,22H,10,12H2/t18-,22+/m1/s1. The highest BCUT2D eigenvalue weighted by atomic mass is 35.5. The summed E-state index contributed by atoms with van der Waals surface area (Å²) >= 11 is 6.29. The molecule has 0 unspecified atom stereocenters. The van der Waals surface area contributed by atoms with Crippen molar-refractivity contribution in [3.05, 3.63) is 82.6 Å². The van der Waals surface area contributed by atoms with E-state index >= 15 is 0 Å². The fraction of sp³-hybridized carbons (Fsp3) is 0.182. The molecule has 3 aliphatic rings. The minimum atomic E-state index is -0.353.